The number of fused-ring (bicyclic) bond motifs is 1. The van der Waals surface area contributed by atoms with E-state index in [0.29, 0.717) is 44.0 Å². The molecule has 2 aliphatic heterocycles. The van der Waals surface area contributed by atoms with Crippen molar-refractivity contribution in [2.24, 2.45) is 16.3 Å². The van der Waals surface area contributed by atoms with Crippen LogP contribution in [0.1, 0.15) is 76.7 Å². The van der Waals surface area contributed by atoms with Gasteiger partial charge < -0.3 is 44.9 Å². The van der Waals surface area contributed by atoms with Crippen molar-refractivity contribution in [2.45, 2.75) is 90.1 Å². The maximum atomic E-state index is 13.9. The van der Waals surface area contributed by atoms with Crippen molar-refractivity contribution < 1.29 is 42.2 Å². The molecule has 4 atom stereocenters. The zero-order valence-electron chi connectivity index (χ0n) is 37.5. The average molecular weight is 897 g/mol. The molecular formula is C48H58F2N8O7. The third kappa shape index (κ3) is 10.8. The molecule has 1 aliphatic carbocycles. The predicted molar refractivity (Wildman–Crippen MR) is 243 cm³/mol. The summed E-state index contributed by atoms with van der Waals surface area (Å²) in [7, 11) is 2.45. The first-order chi connectivity index (χ1) is 31.2. The normalized spacial score (nSPS) is 18.8. The first-order valence-electron chi connectivity index (χ1n) is 22.1. The molecule has 4 aromatic rings. The number of amides is 4. The van der Waals surface area contributed by atoms with Crippen LogP contribution in [0.4, 0.5) is 18.4 Å². The van der Waals surface area contributed by atoms with Gasteiger partial charge in [0.25, 0.3) is 0 Å². The lowest BCUT2D eigenvalue weighted by Crippen LogP contribution is -2.53. The molecule has 3 aromatic carbocycles. The Morgan fingerprint density at radius 1 is 0.923 bits per heavy atom. The smallest absolute Gasteiger partial charge is 0.407 e. The van der Waals surface area contributed by atoms with Gasteiger partial charge in [0, 0.05) is 37.3 Å². The van der Waals surface area contributed by atoms with Gasteiger partial charge in [0.1, 0.15) is 23.7 Å². The molecule has 346 valence electrons. The highest BCUT2D eigenvalue weighted by molar-refractivity contribution is 5.98. The fourth-order valence-electron chi connectivity index (χ4n) is 8.93. The first-order valence-corrected chi connectivity index (χ1v) is 22.1. The van der Waals surface area contributed by atoms with Crippen molar-refractivity contribution >= 4 is 46.3 Å². The lowest BCUT2D eigenvalue weighted by atomic mass is 9.98. The van der Waals surface area contributed by atoms with Crippen LogP contribution >= 0.6 is 0 Å². The number of imidazole rings is 1. The van der Waals surface area contributed by atoms with Gasteiger partial charge in [-0.25, -0.2) is 14.6 Å². The van der Waals surface area contributed by atoms with Crippen LogP contribution in [0.15, 0.2) is 78.4 Å². The summed E-state index contributed by atoms with van der Waals surface area (Å²) in [5, 5.41) is 10.7. The number of H-pyrrole nitrogens is 1. The van der Waals surface area contributed by atoms with Crippen molar-refractivity contribution in [3.8, 4) is 22.4 Å². The summed E-state index contributed by atoms with van der Waals surface area (Å²) in [4.78, 5) is 68.3. The highest BCUT2D eigenvalue weighted by atomic mass is 19.3. The van der Waals surface area contributed by atoms with E-state index >= 15 is 0 Å². The van der Waals surface area contributed by atoms with Gasteiger partial charge in [-0.3, -0.25) is 14.6 Å². The van der Waals surface area contributed by atoms with Crippen molar-refractivity contribution in [3.05, 3.63) is 84.8 Å². The molecule has 7 rings (SSSR count). The zero-order chi connectivity index (χ0) is 46.4. The molecule has 0 unspecified atom stereocenters. The Kier molecular flexibility index (Phi) is 14.5. The van der Waals surface area contributed by atoms with Crippen LogP contribution in [-0.4, -0.2) is 115 Å². The number of rotatable bonds is 16. The van der Waals surface area contributed by atoms with E-state index in [1.807, 2.05) is 56.1 Å². The number of halogens is 2. The van der Waals surface area contributed by atoms with Crippen LogP contribution in [0.2, 0.25) is 0 Å². The van der Waals surface area contributed by atoms with E-state index in [0.717, 1.165) is 70.9 Å². The number of alkyl carbamates (subject to hydrolysis) is 2. The molecule has 0 bridgehead atoms. The SMILES string of the molecule is C=C(N/C(=N\CC)[C@@H]1CCCN1C(=O)[C@H](CCOC(F)F)NC(=O)OC)c1ccc(-c2ccc3cc(-c4cnc([C@@H]5CC6(CC6)CN5C(=O)[C@@H](NC(=O)OC)C(C)C)[nH]4)ccc3c2)cc1. The number of aromatic amines is 1. The second kappa shape index (κ2) is 20.2. The first kappa shape index (κ1) is 46.6. The summed E-state index contributed by atoms with van der Waals surface area (Å²) in [5.74, 6) is 0.574. The molecule has 15 nitrogen and oxygen atoms in total. The van der Waals surface area contributed by atoms with E-state index in [-0.39, 0.29) is 29.7 Å². The second-order valence-corrected chi connectivity index (χ2v) is 17.3. The molecule has 1 aromatic heterocycles. The third-order valence-corrected chi connectivity index (χ3v) is 12.7. The van der Waals surface area contributed by atoms with E-state index in [9.17, 15) is 28.0 Å². The molecule has 0 radical (unpaired) electrons. The van der Waals surface area contributed by atoms with Crippen LogP contribution in [0.5, 0.6) is 0 Å². The second-order valence-electron chi connectivity index (χ2n) is 17.3. The highest BCUT2D eigenvalue weighted by Gasteiger charge is 2.55. The molecule has 4 amide bonds. The Bertz CT molecular complexity index is 2420. The summed E-state index contributed by atoms with van der Waals surface area (Å²) < 4.78 is 39.3. The lowest BCUT2D eigenvalue weighted by Gasteiger charge is -2.30. The summed E-state index contributed by atoms with van der Waals surface area (Å²) in [5.41, 5.74) is 5.36. The third-order valence-electron chi connectivity index (χ3n) is 12.7. The van der Waals surface area contributed by atoms with Gasteiger partial charge in [0.2, 0.25) is 11.8 Å². The Labute approximate surface area is 377 Å². The number of hydrogen-bond acceptors (Lipinski definition) is 9. The molecule has 3 fully saturated rings. The maximum absolute atomic E-state index is 13.9. The van der Waals surface area contributed by atoms with E-state index in [2.05, 4.69) is 78.4 Å². The van der Waals surface area contributed by atoms with Gasteiger partial charge in [0.05, 0.1) is 44.8 Å². The van der Waals surface area contributed by atoms with Gasteiger partial charge in [-0.15, -0.1) is 0 Å². The minimum Gasteiger partial charge on any atom is -0.453 e. The number of ether oxygens (including phenoxy) is 3. The predicted octanol–water partition coefficient (Wildman–Crippen LogP) is 7.65. The zero-order valence-corrected chi connectivity index (χ0v) is 37.5. The standard InChI is InChI=1S/C48H58F2N8O7/c1-7-51-41(38-9-8-21-57(38)43(59)36(55-46(61)63-5)18-22-65-45(49)50)53-29(4)30-10-12-31(13-11-30)32-14-15-34-24-35(17-16-33(34)23-32)37-26-52-42(54-37)39-25-48(19-20-48)27-58(39)44(60)40(28(2)3)56-47(62)64-6/h10-17,23-24,26,28,36,38-40,45H,4,7-9,18-22,25,27H2,1-3,5-6H3,(H,51,53)(H,52,54)(H,55,61)(H,56,62)/t36-,38-,39-,40-/m0/s1. The monoisotopic (exact) mass is 896 g/mol. The molecule has 65 heavy (non-hydrogen) atoms. The largest absolute Gasteiger partial charge is 0.453 e. The number of carbonyl (C=O) groups excluding carboxylic acids is 4. The number of aliphatic imine (C=N–C) groups is 1. The Balaban J connectivity index is 1.02. The molecule has 2 saturated heterocycles. The summed E-state index contributed by atoms with van der Waals surface area (Å²) in [6, 6.07) is 18.0. The Morgan fingerprint density at radius 2 is 1.58 bits per heavy atom. The molecule has 3 aliphatic rings. The van der Waals surface area contributed by atoms with E-state index < -0.39 is 49.4 Å². The number of alkyl halides is 2. The van der Waals surface area contributed by atoms with Crippen LogP contribution in [-0.2, 0) is 23.8 Å². The maximum Gasteiger partial charge on any atom is 0.407 e. The minimum atomic E-state index is -3.00. The van der Waals surface area contributed by atoms with Crippen LogP contribution in [0, 0.1) is 11.3 Å². The fraction of sp³-hybridized carbons (Fsp3) is 0.458. The van der Waals surface area contributed by atoms with E-state index in [1.54, 1.807) is 4.90 Å². The van der Waals surface area contributed by atoms with Gasteiger partial charge in [-0.1, -0.05) is 69.0 Å². The summed E-state index contributed by atoms with van der Waals surface area (Å²) in [6.07, 6.45) is 4.42. The van der Waals surface area contributed by atoms with Crippen LogP contribution in [0.3, 0.4) is 0 Å². The number of nitrogens with one attached hydrogen (secondary N) is 4. The number of likely N-dealkylation sites (tertiary alicyclic amines) is 2. The minimum absolute atomic E-state index is 0.0965. The number of methoxy groups -OCH3 is 2. The quantitative estimate of drug-likeness (QED) is 0.0649. The molecule has 17 heteroatoms. The van der Waals surface area contributed by atoms with Crippen molar-refractivity contribution in [2.75, 3.05) is 40.5 Å². The molecule has 3 heterocycles. The van der Waals surface area contributed by atoms with Gasteiger partial charge in [-0.2, -0.15) is 8.78 Å². The van der Waals surface area contributed by atoms with Gasteiger partial charge in [-0.05, 0) is 90.0 Å². The number of benzene rings is 3. The molecule has 4 N–H and O–H groups in total. The number of aromatic nitrogens is 2. The topological polar surface area (TPSA) is 180 Å². The van der Waals surface area contributed by atoms with Crippen molar-refractivity contribution in [1.82, 2.24) is 35.7 Å². The molecule has 1 spiro atoms. The fourth-order valence-corrected chi connectivity index (χ4v) is 8.93. The van der Waals surface area contributed by atoms with Gasteiger partial charge >= 0.3 is 18.8 Å². The van der Waals surface area contributed by atoms with Crippen LogP contribution in [0.25, 0.3) is 38.9 Å². The van der Waals surface area contributed by atoms with Gasteiger partial charge in [0.15, 0.2) is 0 Å². The van der Waals surface area contributed by atoms with Crippen LogP contribution < -0.4 is 16.0 Å². The van der Waals surface area contributed by atoms with Crippen molar-refractivity contribution in [1.29, 1.82) is 0 Å². The average Bonchev–Trinajstić information content (AvgIpc) is 3.63. The Morgan fingerprint density at radius 3 is 2.23 bits per heavy atom. The number of amidine groups is 1. The number of hydrogen-bond donors (Lipinski definition) is 4. The van der Waals surface area contributed by atoms with E-state index in [4.69, 9.17) is 9.72 Å². The molecular weight excluding hydrogens is 839 g/mol. The molecule has 1 saturated carbocycles. The number of nitrogens with zero attached hydrogens (tertiary/aromatic N) is 4. The summed E-state index contributed by atoms with van der Waals surface area (Å²) >= 11 is 0. The highest BCUT2D eigenvalue weighted by Crippen LogP contribution is 2.58. The Hall–Kier alpha value is -6.36. The van der Waals surface area contributed by atoms with Crippen molar-refractivity contribution in [3.63, 3.8) is 0 Å². The summed E-state index contributed by atoms with van der Waals surface area (Å²) in [6.45, 7) is 8.01. The number of carbonyl (C=O) groups is 4. The van der Waals surface area contributed by atoms with E-state index in [1.165, 1.54) is 7.11 Å². The lowest BCUT2D eigenvalue weighted by molar-refractivity contribution is -0.140.